The first kappa shape index (κ1) is 24.7. The van der Waals surface area contributed by atoms with Gasteiger partial charge in [0.2, 0.25) is 5.71 Å². The van der Waals surface area contributed by atoms with Gasteiger partial charge in [-0.25, -0.2) is 4.58 Å². The number of carbonyl (C=O) groups excluding carboxylic acids is 1. The van der Waals surface area contributed by atoms with Crippen molar-refractivity contribution in [1.29, 1.82) is 0 Å². The van der Waals surface area contributed by atoms with Crippen LogP contribution in [0, 0.1) is 6.92 Å². The number of allylic oxidation sites excluding steroid dienone is 7. The second-order valence-corrected chi connectivity index (χ2v) is 8.37. The molecule has 4 nitrogen and oxygen atoms in total. The second kappa shape index (κ2) is 10.8. The van der Waals surface area contributed by atoms with E-state index in [2.05, 4.69) is 35.8 Å². The van der Waals surface area contributed by atoms with E-state index in [-0.39, 0.29) is 22.7 Å². The van der Waals surface area contributed by atoms with Gasteiger partial charge in [-0.05, 0) is 66.5 Å². The van der Waals surface area contributed by atoms with E-state index in [1.165, 1.54) is 0 Å². The maximum atomic E-state index is 13.2. The van der Waals surface area contributed by atoms with Gasteiger partial charge in [-0.1, -0.05) is 37.1 Å². The number of nitrogens with zero attached hydrogens (tertiary/aromatic N) is 2. The van der Waals surface area contributed by atoms with Gasteiger partial charge in [0.25, 0.3) is 0 Å². The van der Waals surface area contributed by atoms with Crippen molar-refractivity contribution in [1.82, 2.24) is 0 Å². The molecule has 34 heavy (non-hydrogen) atoms. The summed E-state index contributed by atoms with van der Waals surface area (Å²) in [6, 6.07) is 5.81. The van der Waals surface area contributed by atoms with E-state index >= 15 is 0 Å². The lowest BCUT2D eigenvalue weighted by molar-refractivity contribution is -0.505. The number of rotatable bonds is 10. The molecule has 0 amide bonds. The third-order valence-electron chi connectivity index (χ3n) is 6.00. The molecule has 1 aromatic carbocycles. The Morgan fingerprint density at radius 1 is 0.941 bits per heavy atom. The van der Waals surface area contributed by atoms with Crippen molar-refractivity contribution in [3.05, 3.63) is 121 Å². The summed E-state index contributed by atoms with van der Waals surface area (Å²) >= 11 is 0. The highest BCUT2D eigenvalue weighted by Gasteiger charge is 2.32. The van der Waals surface area contributed by atoms with Crippen molar-refractivity contribution < 1.29 is 14.5 Å². The Hall–Kier alpha value is -3.92. The van der Waals surface area contributed by atoms with E-state index in [4.69, 9.17) is 0 Å². The van der Waals surface area contributed by atoms with Crippen LogP contribution in [0.3, 0.4) is 0 Å². The molecule has 0 unspecified atom stereocenters. The van der Waals surface area contributed by atoms with Gasteiger partial charge >= 0.3 is 0 Å². The molecule has 4 heteroatoms. The molecular formula is C30H32N2O2. The molecule has 0 bridgehead atoms. The summed E-state index contributed by atoms with van der Waals surface area (Å²) in [7, 11) is 0. The molecule has 3 rings (SSSR count). The van der Waals surface area contributed by atoms with E-state index in [9.17, 15) is 9.90 Å². The first-order valence-corrected chi connectivity index (χ1v) is 11.4. The Kier molecular flexibility index (Phi) is 7.85. The van der Waals surface area contributed by atoms with Gasteiger partial charge < -0.3 is 10.0 Å². The van der Waals surface area contributed by atoms with Crippen molar-refractivity contribution >= 4 is 22.8 Å². The third kappa shape index (κ3) is 4.72. The quantitative estimate of drug-likeness (QED) is 0.299. The van der Waals surface area contributed by atoms with Gasteiger partial charge in [0.15, 0.2) is 18.9 Å². The Morgan fingerprint density at radius 3 is 2.09 bits per heavy atom. The molecule has 0 radical (unpaired) electrons. The Bertz CT molecular complexity index is 1200. The van der Waals surface area contributed by atoms with Crippen molar-refractivity contribution in [3.8, 4) is 0 Å². The highest BCUT2D eigenvalue weighted by Crippen LogP contribution is 2.40. The zero-order valence-corrected chi connectivity index (χ0v) is 20.1. The van der Waals surface area contributed by atoms with Gasteiger partial charge in [-0.3, -0.25) is 4.79 Å². The molecule has 0 spiro atoms. The molecule has 2 aliphatic rings. The standard InChI is InChI=1S/C30H32N2O2/c1-7-15-31(16-8-2)23-11-13-25(21(5)19-23)27-29(33)28(30(27)34)26-14-12-24(20-22(26)6)32(17-9-3)18-10-4/h7-14,19-20H,1-4,15-18H2,5-6H3. The van der Waals surface area contributed by atoms with Crippen LogP contribution in [0.5, 0.6) is 0 Å². The number of hydrogen-bond acceptors (Lipinski definition) is 3. The maximum Gasteiger partial charge on any atom is 0.200 e. The average Bonchev–Trinajstić information content (AvgIpc) is 2.81. The van der Waals surface area contributed by atoms with Crippen molar-refractivity contribution in [2.75, 3.05) is 31.1 Å². The van der Waals surface area contributed by atoms with Crippen molar-refractivity contribution in [2.24, 2.45) is 0 Å². The van der Waals surface area contributed by atoms with E-state index in [0.29, 0.717) is 37.3 Å². The first-order valence-electron chi connectivity index (χ1n) is 11.4. The summed E-state index contributed by atoms with van der Waals surface area (Å²) in [6.07, 6.45) is 13.2. The molecule has 0 N–H and O–H groups in total. The normalized spacial score (nSPS) is 17.2. The molecule has 0 saturated carbocycles. The minimum absolute atomic E-state index is 0.195. The molecular weight excluding hydrogens is 420 g/mol. The molecule has 0 atom stereocenters. The summed E-state index contributed by atoms with van der Waals surface area (Å²) in [5.41, 5.74) is 5.70. The zero-order valence-electron chi connectivity index (χ0n) is 20.1. The fraction of sp³-hybridized carbons (Fsp3) is 0.200. The predicted octanol–water partition coefficient (Wildman–Crippen LogP) is 4.47. The van der Waals surface area contributed by atoms with Crippen LogP contribution in [0.15, 0.2) is 110 Å². The van der Waals surface area contributed by atoms with Crippen LogP contribution in [0.4, 0.5) is 5.69 Å². The lowest BCUT2D eigenvalue weighted by atomic mass is 9.77. The first-order chi connectivity index (χ1) is 16.4. The molecule has 0 saturated heterocycles. The number of ketones is 1. The van der Waals surface area contributed by atoms with Gasteiger partial charge in [0.1, 0.15) is 0 Å². The summed E-state index contributed by atoms with van der Waals surface area (Å²) in [5.74, 6) is -0.389. The molecule has 174 valence electrons. The van der Waals surface area contributed by atoms with Crippen LogP contribution < -0.4 is 10.0 Å². The van der Waals surface area contributed by atoms with Crippen LogP contribution in [-0.4, -0.2) is 42.2 Å². The molecule has 0 aromatic heterocycles. The average molecular weight is 453 g/mol. The third-order valence-corrected chi connectivity index (χ3v) is 6.00. The maximum absolute atomic E-state index is 13.2. The lowest BCUT2D eigenvalue weighted by Crippen LogP contribution is -2.31. The number of Topliss-reactive ketones (excluding diaryl/α,β-unsaturated/α-hetero) is 1. The van der Waals surface area contributed by atoms with Gasteiger partial charge in [0.05, 0.1) is 0 Å². The number of aryl methyl sites for hydroxylation is 1. The fourth-order valence-corrected chi connectivity index (χ4v) is 4.33. The Labute approximate surface area is 202 Å². The van der Waals surface area contributed by atoms with Crippen LogP contribution in [0.1, 0.15) is 18.1 Å². The van der Waals surface area contributed by atoms with Gasteiger partial charge in [-0.2, -0.15) is 0 Å². The summed E-state index contributed by atoms with van der Waals surface area (Å²) in [4.78, 5) is 15.3. The summed E-state index contributed by atoms with van der Waals surface area (Å²) < 4.78 is 2.12. The number of carbonyl (C=O) groups is 1. The number of hydrogen-bond donors (Lipinski definition) is 0. The molecule has 1 aromatic rings. The molecule has 2 aliphatic carbocycles. The lowest BCUT2D eigenvalue weighted by Gasteiger charge is -2.34. The van der Waals surface area contributed by atoms with Crippen LogP contribution in [-0.2, 0) is 4.79 Å². The summed E-state index contributed by atoms with van der Waals surface area (Å²) in [5, 5.41) is 13.2. The minimum atomic E-state index is -0.195. The fourth-order valence-electron chi connectivity index (χ4n) is 4.33. The zero-order chi connectivity index (χ0) is 24.8. The number of benzene rings is 1. The van der Waals surface area contributed by atoms with Gasteiger partial charge in [-0.15, -0.1) is 13.2 Å². The topological polar surface area (TPSA) is 46.4 Å². The van der Waals surface area contributed by atoms with E-state index in [1.54, 1.807) is 0 Å². The largest absolute Gasteiger partial charge is 0.871 e. The highest BCUT2D eigenvalue weighted by molar-refractivity contribution is 6.39. The SMILES string of the molecule is C=CCN(CC=C)c1ccc(C2=C([O-])/C(=C3\C=CC(=[N+](CC=C)CC=C)C=C3C)C2=O)c(C)c1. The van der Waals surface area contributed by atoms with Crippen LogP contribution in [0.2, 0.25) is 0 Å². The Morgan fingerprint density at radius 2 is 1.59 bits per heavy atom. The second-order valence-electron chi connectivity index (χ2n) is 8.37. The van der Waals surface area contributed by atoms with Crippen LogP contribution >= 0.6 is 0 Å². The Balaban J connectivity index is 1.98. The monoisotopic (exact) mass is 452 g/mol. The molecule has 0 heterocycles. The summed E-state index contributed by atoms with van der Waals surface area (Å²) in [6.45, 7) is 21.8. The van der Waals surface area contributed by atoms with E-state index < -0.39 is 0 Å². The van der Waals surface area contributed by atoms with E-state index in [0.717, 1.165) is 22.5 Å². The minimum Gasteiger partial charge on any atom is -0.871 e. The number of anilines is 1. The van der Waals surface area contributed by atoms with E-state index in [1.807, 2.05) is 74.6 Å². The highest BCUT2D eigenvalue weighted by atomic mass is 16.3. The molecule has 0 fully saturated rings. The van der Waals surface area contributed by atoms with Crippen LogP contribution in [0.25, 0.3) is 5.57 Å². The predicted molar refractivity (Wildman–Crippen MR) is 141 cm³/mol. The molecule has 0 aliphatic heterocycles. The van der Waals surface area contributed by atoms with Gasteiger partial charge in [0, 0.05) is 42.1 Å². The van der Waals surface area contributed by atoms with Crippen molar-refractivity contribution in [2.45, 2.75) is 13.8 Å². The van der Waals surface area contributed by atoms with Crippen molar-refractivity contribution in [3.63, 3.8) is 0 Å². The smallest absolute Gasteiger partial charge is 0.200 e.